The summed E-state index contributed by atoms with van der Waals surface area (Å²) in [5.41, 5.74) is 2.04. The van der Waals surface area contributed by atoms with Crippen molar-refractivity contribution < 1.29 is 9.84 Å². The Bertz CT molecular complexity index is 379. The second-order valence-corrected chi connectivity index (χ2v) is 4.73. The molecule has 2 nitrogen and oxygen atoms in total. The molecule has 0 saturated heterocycles. The van der Waals surface area contributed by atoms with Crippen LogP contribution in [0.15, 0.2) is 24.3 Å². The summed E-state index contributed by atoms with van der Waals surface area (Å²) in [6, 6.07) is 6.05. The predicted molar refractivity (Wildman–Crippen MR) is 79.0 cm³/mol. The largest absolute Gasteiger partial charge is 0.496 e. The smallest absolute Gasteiger partial charge is 0.126 e. The number of aryl methyl sites for hydroxylation is 1. The van der Waals surface area contributed by atoms with Crippen LogP contribution in [0, 0.1) is 12.3 Å². The first-order chi connectivity index (χ1) is 8.48. The normalized spacial score (nSPS) is 11.1. The molecule has 0 aliphatic heterocycles. The Hall–Kier alpha value is -1.28. The molecule has 0 bridgehead atoms. The molecule has 0 aliphatic carbocycles. The summed E-state index contributed by atoms with van der Waals surface area (Å²) in [6.45, 7) is 10.2. The van der Waals surface area contributed by atoms with Gasteiger partial charge in [0.15, 0.2) is 0 Å². The van der Waals surface area contributed by atoms with Gasteiger partial charge in [-0.2, -0.15) is 0 Å². The van der Waals surface area contributed by atoms with Gasteiger partial charge in [0.05, 0.1) is 13.7 Å². The van der Waals surface area contributed by atoms with E-state index in [1.54, 1.807) is 7.11 Å². The fraction of sp³-hybridized carbons (Fsp3) is 0.500. The third-order valence-corrected chi connectivity index (χ3v) is 2.51. The van der Waals surface area contributed by atoms with E-state index < -0.39 is 0 Å². The molecule has 0 aliphatic rings. The molecule has 1 rings (SSSR count). The van der Waals surface area contributed by atoms with Crippen LogP contribution in [0.5, 0.6) is 5.75 Å². The molecular weight excluding hydrogens is 224 g/mol. The highest BCUT2D eigenvalue weighted by molar-refractivity contribution is 5.58. The summed E-state index contributed by atoms with van der Waals surface area (Å²) in [5, 5.41) is 9.17. The van der Waals surface area contributed by atoms with Gasteiger partial charge in [-0.25, -0.2) is 0 Å². The van der Waals surface area contributed by atoms with Crippen molar-refractivity contribution in [1.82, 2.24) is 0 Å². The molecule has 1 aromatic carbocycles. The second-order valence-electron chi connectivity index (χ2n) is 4.73. The molecule has 2 heteroatoms. The highest BCUT2D eigenvalue weighted by Crippen LogP contribution is 2.24. The summed E-state index contributed by atoms with van der Waals surface area (Å²) in [5.74, 6) is 0.857. The van der Waals surface area contributed by atoms with Crippen LogP contribution < -0.4 is 4.74 Å². The number of benzene rings is 1. The van der Waals surface area contributed by atoms with Crippen molar-refractivity contribution in [2.45, 2.75) is 34.6 Å². The van der Waals surface area contributed by atoms with E-state index in [0.29, 0.717) is 0 Å². The first-order valence-corrected chi connectivity index (χ1v) is 6.43. The van der Waals surface area contributed by atoms with Gasteiger partial charge in [0.25, 0.3) is 0 Å². The van der Waals surface area contributed by atoms with Gasteiger partial charge >= 0.3 is 0 Å². The fourth-order valence-corrected chi connectivity index (χ4v) is 1.35. The van der Waals surface area contributed by atoms with Gasteiger partial charge in [-0.05, 0) is 19.1 Å². The second kappa shape index (κ2) is 7.93. The van der Waals surface area contributed by atoms with Crippen molar-refractivity contribution in [3.05, 3.63) is 35.4 Å². The maximum atomic E-state index is 9.17. The molecule has 0 radical (unpaired) electrons. The third-order valence-electron chi connectivity index (χ3n) is 2.51. The summed E-state index contributed by atoms with van der Waals surface area (Å²) in [6.07, 6.45) is 4.01. The van der Waals surface area contributed by atoms with Gasteiger partial charge in [-0.3, -0.25) is 0 Å². The minimum Gasteiger partial charge on any atom is -0.496 e. The van der Waals surface area contributed by atoms with Gasteiger partial charge in [0.2, 0.25) is 0 Å². The summed E-state index contributed by atoms with van der Waals surface area (Å²) >= 11 is 0. The number of hydrogen-bond acceptors (Lipinski definition) is 2. The van der Waals surface area contributed by atoms with Crippen molar-refractivity contribution in [2.75, 3.05) is 13.7 Å². The number of rotatable bonds is 4. The molecule has 1 N–H and O–H groups in total. The van der Waals surface area contributed by atoms with Crippen LogP contribution in [0.1, 0.15) is 38.8 Å². The fourth-order valence-electron chi connectivity index (χ4n) is 1.35. The Kier molecular flexibility index (Phi) is 7.37. The Morgan fingerprint density at radius 2 is 1.89 bits per heavy atom. The molecule has 1 aromatic rings. The van der Waals surface area contributed by atoms with E-state index in [0.717, 1.165) is 11.3 Å². The first kappa shape index (κ1) is 16.7. The maximum Gasteiger partial charge on any atom is 0.126 e. The van der Waals surface area contributed by atoms with E-state index in [1.807, 2.05) is 58.9 Å². The molecule has 0 amide bonds. The van der Waals surface area contributed by atoms with Crippen LogP contribution in [0.4, 0.5) is 0 Å². The Balaban J connectivity index is 0.00000137. The summed E-state index contributed by atoms with van der Waals surface area (Å²) in [7, 11) is 1.67. The predicted octanol–water partition coefficient (Wildman–Crippen LogP) is 4.06. The zero-order valence-electron chi connectivity index (χ0n) is 12.4. The molecule has 0 spiro atoms. The van der Waals surface area contributed by atoms with Crippen molar-refractivity contribution >= 4 is 6.08 Å². The van der Waals surface area contributed by atoms with Gasteiger partial charge in [0.1, 0.15) is 5.75 Å². The average Bonchev–Trinajstić information content (AvgIpc) is 2.39. The van der Waals surface area contributed by atoms with Gasteiger partial charge in [-0.15, -0.1) is 0 Å². The number of hydrogen-bond donors (Lipinski definition) is 1. The van der Waals surface area contributed by atoms with E-state index in [4.69, 9.17) is 4.74 Å². The minimum atomic E-state index is -0.200. The van der Waals surface area contributed by atoms with E-state index in [1.165, 1.54) is 5.56 Å². The summed E-state index contributed by atoms with van der Waals surface area (Å²) in [4.78, 5) is 0. The van der Waals surface area contributed by atoms with Crippen molar-refractivity contribution in [2.24, 2.45) is 5.41 Å². The molecular formula is C16H26O2. The van der Waals surface area contributed by atoms with Crippen LogP contribution in [-0.2, 0) is 0 Å². The van der Waals surface area contributed by atoms with Gasteiger partial charge in [0, 0.05) is 11.0 Å². The Morgan fingerprint density at radius 1 is 1.28 bits per heavy atom. The van der Waals surface area contributed by atoms with Crippen LogP contribution in [0.2, 0.25) is 0 Å². The van der Waals surface area contributed by atoms with Crippen LogP contribution in [0.3, 0.4) is 0 Å². The number of aliphatic hydroxyl groups excluding tert-OH is 1. The third kappa shape index (κ3) is 5.37. The highest BCUT2D eigenvalue weighted by Gasteiger charge is 2.11. The topological polar surface area (TPSA) is 29.5 Å². The van der Waals surface area contributed by atoms with E-state index in [2.05, 4.69) is 6.07 Å². The highest BCUT2D eigenvalue weighted by atomic mass is 16.5. The number of aliphatic hydroxyl groups is 1. The lowest BCUT2D eigenvalue weighted by Gasteiger charge is -2.16. The lowest BCUT2D eigenvalue weighted by Crippen LogP contribution is -2.12. The molecule has 0 unspecified atom stereocenters. The zero-order valence-corrected chi connectivity index (χ0v) is 12.4. The van der Waals surface area contributed by atoms with E-state index in [-0.39, 0.29) is 12.0 Å². The van der Waals surface area contributed by atoms with E-state index in [9.17, 15) is 5.11 Å². The van der Waals surface area contributed by atoms with Crippen LogP contribution in [0.25, 0.3) is 6.08 Å². The van der Waals surface area contributed by atoms with Gasteiger partial charge in [-0.1, -0.05) is 51.5 Å². The Morgan fingerprint density at radius 3 is 2.39 bits per heavy atom. The monoisotopic (exact) mass is 250 g/mol. The molecule has 0 heterocycles. The lowest BCUT2D eigenvalue weighted by molar-refractivity contribution is 0.200. The number of ether oxygens (including phenoxy) is 1. The van der Waals surface area contributed by atoms with E-state index >= 15 is 0 Å². The Labute approximate surface area is 111 Å². The quantitative estimate of drug-likeness (QED) is 0.873. The van der Waals surface area contributed by atoms with Gasteiger partial charge < -0.3 is 9.84 Å². The standard InChI is InChI=1S/C14H20O2.C2H6/c1-11-5-6-13(16-4)12(9-11)7-8-14(2,3)10-15;1-2/h5-9,15H,10H2,1-4H3;1-2H3/b8-7+;. The molecule has 0 aromatic heterocycles. The zero-order chi connectivity index (χ0) is 14.2. The first-order valence-electron chi connectivity index (χ1n) is 6.43. The maximum absolute atomic E-state index is 9.17. The molecule has 0 fully saturated rings. The van der Waals surface area contributed by atoms with Crippen molar-refractivity contribution in [3.63, 3.8) is 0 Å². The minimum absolute atomic E-state index is 0.137. The molecule has 0 atom stereocenters. The van der Waals surface area contributed by atoms with Crippen LogP contribution in [-0.4, -0.2) is 18.8 Å². The number of methoxy groups -OCH3 is 1. The molecule has 18 heavy (non-hydrogen) atoms. The summed E-state index contributed by atoms with van der Waals surface area (Å²) < 4.78 is 5.29. The molecule has 0 saturated carbocycles. The van der Waals surface area contributed by atoms with Crippen molar-refractivity contribution in [3.8, 4) is 5.75 Å². The SMILES string of the molecule is CC.COc1ccc(C)cc1/C=C/C(C)(C)CO. The lowest BCUT2D eigenvalue weighted by atomic mass is 9.93. The average molecular weight is 250 g/mol. The van der Waals surface area contributed by atoms with Crippen molar-refractivity contribution in [1.29, 1.82) is 0 Å². The molecule has 102 valence electrons. The van der Waals surface area contributed by atoms with Crippen LogP contribution >= 0.6 is 0 Å².